The van der Waals surface area contributed by atoms with Gasteiger partial charge in [0.15, 0.2) is 5.76 Å². The van der Waals surface area contributed by atoms with Crippen molar-refractivity contribution in [2.45, 2.75) is 83.0 Å². The summed E-state index contributed by atoms with van der Waals surface area (Å²) in [6, 6.07) is 14.1. The van der Waals surface area contributed by atoms with Gasteiger partial charge in [-0.25, -0.2) is 0 Å². The first-order valence-electron chi connectivity index (χ1n) is 12.2. The van der Waals surface area contributed by atoms with Crippen LogP contribution in [0.1, 0.15) is 85.2 Å². The van der Waals surface area contributed by atoms with Crippen molar-refractivity contribution in [2.75, 3.05) is 0 Å². The lowest BCUT2D eigenvalue weighted by molar-refractivity contribution is -0.0373. The summed E-state index contributed by atoms with van der Waals surface area (Å²) in [5.41, 5.74) is 3.15. The van der Waals surface area contributed by atoms with Gasteiger partial charge in [-0.3, -0.25) is 4.79 Å². The molecule has 0 radical (unpaired) electrons. The number of amides is 1. The van der Waals surface area contributed by atoms with E-state index in [2.05, 4.69) is 17.4 Å². The van der Waals surface area contributed by atoms with Crippen LogP contribution in [0.4, 0.5) is 0 Å². The first-order valence-corrected chi connectivity index (χ1v) is 12.2. The fourth-order valence-corrected chi connectivity index (χ4v) is 5.61. The van der Waals surface area contributed by atoms with E-state index < -0.39 is 6.10 Å². The topological polar surface area (TPSA) is 71.7 Å². The number of benzene rings is 2. The van der Waals surface area contributed by atoms with E-state index in [1.165, 1.54) is 12.0 Å². The maximum Gasteiger partial charge on any atom is 0.287 e. The predicted octanol–water partition coefficient (Wildman–Crippen LogP) is 6.01. The van der Waals surface area contributed by atoms with Crippen LogP contribution in [0.2, 0.25) is 0 Å². The quantitative estimate of drug-likeness (QED) is 0.502. The molecule has 2 heterocycles. The summed E-state index contributed by atoms with van der Waals surface area (Å²) >= 11 is 0. The van der Waals surface area contributed by atoms with Gasteiger partial charge < -0.3 is 19.6 Å². The Morgan fingerprint density at radius 1 is 1.15 bits per heavy atom. The van der Waals surface area contributed by atoms with Crippen molar-refractivity contribution in [1.29, 1.82) is 0 Å². The van der Waals surface area contributed by atoms with Gasteiger partial charge in [0, 0.05) is 29.0 Å². The van der Waals surface area contributed by atoms with Crippen LogP contribution in [-0.4, -0.2) is 22.7 Å². The number of hydrogen-bond donors (Lipinski definition) is 2. The fraction of sp³-hybridized carbons (Fsp3) is 0.464. The van der Waals surface area contributed by atoms with Crippen molar-refractivity contribution in [1.82, 2.24) is 5.32 Å². The van der Waals surface area contributed by atoms with Crippen LogP contribution >= 0.6 is 0 Å². The Balaban J connectivity index is 1.36. The summed E-state index contributed by atoms with van der Waals surface area (Å²) in [5.74, 6) is 0.832. The van der Waals surface area contributed by atoms with Crippen molar-refractivity contribution in [3.63, 3.8) is 0 Å². The van der Waals surface area contributed by atoms with Gasteiger partial charge >= 0.3 is 0 Å². The highest BCUT2D eigenvalue weighted by molar-refractivity contribution is 6.00. The molecular formula is C28H33NO4. The summed E-state index contributed by atoms with van der Waals surface area (Å²) in [6.07, 6.45) is 7.22. The average molecular weight is 448 g/mol. The molecule has 1 aliphatic heterocycles. The van der Waals surface area contributed by atoms with E-state index in [1.54, 1.807) is 0 Å². The van der Waals surface area contributed by atoms with Gasteiger partial charge in [0.1, 0.15) is 16.9 Å². The first kappa shape index (κ1) is 22.0. The Labute approximate surface area is 195 Å². The lowest BCUT2D eigenvalue weighted by Crippen LogP contribution is -2.42. The normalized spacial score (nSPS) is 20.3. The third-order valence-corrected chi connectivity index (χ3v) is 7.38. The highest BCUT2D eigenvalue weighted by atomic mass is 16.5. The van der Waals surface area contributed by atoms with Gasteiger partial charge in [0.2, 0.25) is 0 Å². The van der Waals surface area contributed by atoms with E-state index in [1.807, 2.05) is 44.2 Å². The van der Waals surface area contributed by atoms with Crippen LogP contribution < -0.4 is 10.1 Å². The first-order chi connectivity index (χ1) is 16.0. The number of aryl methyl sites for hydroxylation is 2. The number of aliphatic hydroxyl groups excluding tert-OH is 1. The number of carbonyl (C=O) groups excluding carboxylic acids is 1. The minimum Gasteiger partial charge on any atom is -0.487 e. The zero-order valence-corrected chi connectivity index (χ0v) is 19.5. The smallest absolute Gasteiger partial charge is 0.287 e. The molecule has 2 aromatic carbocycles. The van der Waals surface area contributed by atoms with Crippen LogP contribution in [-0.2, 0) is 6.42 Å². The Morgan fingerprint density at radius 3 is 2.67 bits per heavy atom. The second kappa shape index (κ2) is 8.86. The zero-order chi connectivity index (χ0) is 23.0. The fourth-order valence-electron chi connectivity index (χ4n) is 5.61. The third kappa shape index (κ3) is 4.26. The van der Waals surface area contributed by atoms with Gasteiger partial charge in [0.25, 0.3) is 5.91 Å². The van der Waals surface area contributed by atoms with Gasteiger partial charge in [-0.05, 0) is 70.1 Å². The largest absolute Gasteiger partial charge is 0.487 e. The Kier molecular flexibility index (Phi) is 5.92. The van der Waals surface area contributed by atoms with Crippen LogP contribution in [0.5, 0.6) is 5.75 Å². The molecule has 1 saturated carbocycles. The molecule has 2 N–H and O–H groups in total. The molecule has 2 aliphatic rings. The lowest BCUT2D eigenvalue weighted by atomic mass is 9.77. The number of furan rings is 1. The van der Waals surface area contributed by atoms with Crippen molar-refractivity contribution in [3.8, 4) is 5.75 Å². The second-order valence-corrected chi connectivity index (χ2v) is 9.87. The Morgan fingerprint density at radius 2 is 1.91 bits per heavy atom. The van der Waals surface area contributed by atoms with E-state index in [0.717, 1.165) is 60.8 Å². The van der Waals surface area contributed by atoms with Crippen LogP contribution in [0.25, 0.3) is 11.0 Å². The van der Waals surface area contributed by atoms with Gasteiger partial charge in [-0.2, -0.15) is 0 Å². The minimum absolute atomic E-state index is 0.0133. The maximum atomic E-state index is 13.1. The summed E-state index contributed by atoms with van der Waals surface area (Å²) in [7, 11) is 0. The van der Waals surface area contributed by atoms with E-state index >= 15 is 0 Å². The third-order valence-electron chi connectivity index (χ3n) is 7.38. The average Bonchev–Trinajstić information content (AvgIpc) is 3.15. The van der Waals surface area contributed by atoms with Crippen LogP contribution in [0, 0.1) is 6.92 Å². The molecule has 1 aromatic heterocycles. The molecular weight excluding hydrogens is 414 g/mol. The molecule has 0 saturated heterocycles. The van der Waals surface area contributed by atoms with Crippen molar-refractivity contribution in [3.05, 3.63) is 64.9 Å². The molecule has 5 heteroatoms. The SMILES string of the molecule is Cc1c(C(=O)N[C@H](C)CCc2ccccc2)oc2ccc3c(c12)[C@H](O)CC1(CCCCC1)O3. The van der Waals surface area contributed by atoms with Gasteiger partial charge in [-0.15, -0.1) is 0 Å². The molecule has 5 rings (SSSR count). The molecule has 3 aromatic rings. The van der Waals surface area contributed by atoms with Gasteiger partial charge in [0.05, 0.1) is 6.10 Å². The molecule has 5 nitrogen and oxygen atoms in total. The molecule has 1 spiro atoms. The summed E-state index contributed by atoms with van der Waals surface area (Å²) in [6.45, 7) is 3.91. The monoisotopic (exact) mass is 447 g/mol. The summed E-state index contributed by atoms with van der Waals surface area (Å²) in [5, 5.41) is 15.0. The number of carbonyl (C=O) groups is 1. The Hall–Kier alpha value is -2.79. The van der Waals surface area contributed by atoms with Gasteiger partial charge in [-0.1, -0.05) is 36.8 Å². The minimum atomic E-state index is -0.618. The number of hydrogen-bond acceptors (Lipinski definition) is 4. The number of ether oxygens (including phenoxy) is 1. The van der Waals surface area contributed by atoms with E-state index in [9.17, 15) is 9.90 Å². The van der Waals surface area contributed by atoms with E-state index in [0.29, 0.717) is 17.8 Å². The number of nitrogens with one attached hydrogen (secondary N) is 1. The van der Waals surface area contributed by atoms with Crippen molar-refractivity contribution in [2.24, 2.45) is 0 Å². The second-order valence-electron chi connectivity index (χ2n) is 9.87. The number of aliphatic hydroxyl groups is 1. The molecule has 0 unspecified atom stereocenters. The molecule has 0 bridgehead atoms. The standard InChI is InChI=1S/C28H33NO4/c1-18(11-12-20-9-5-3-6-10-20)29-27(31)26-19(2)24-22(32-26)13-14-23-25(24)21(30)17-28(33-23)15-7-4-8-16-28/h3,5-6,9-10,13-14,18,21,30H,4,7-8,11-12,15-17H2,1-2H3,(H,29,31)/t18-,21-/m1/s1. The number of fused-ring (bicyclic) bond motifs is 3. The molecule has 1 fully saturated rings. The van der Waals surface area contributed by atoms with Crippen molar-refractivity contribution >= 4 is 16.9 Å². The Bertz CT molecular complexity index is 1140. The molecule has 2 atom stereocenters. The molecule has 1 aliphatic carbocycles. The predicted molar refractivity (Wildman–Crippen MR) is 129 cm³/mol. The van der Waals surface area contributed by atoms with Crippen LogP contribution in [0.3, 0.4) is 0 Å². The van der Waals surface area contributed by atoms with Crippen LogP contribution in [0.15, 0.2) is 46.9 Å². The number of rotatable bonds is 5. The van der Waals surface area contributed by atoms with E-state index in [4.69, 9.17) is 9.15 Å². The summed E-state index contributed by atoms with van der Waals surface area (Å²) < 4.78 is 12.5. The summed E-state index contributed by atoms with van der Waals surface area (Å²) in [4.78, 5) is 13.1. The van der Waals surface area contributed by atoms with Crippen molar-refractivity contribution < 1.29 is 19.1 Å². The molecule has 174 valence electrons. The molecule has 33 heavy (non-hydrogen) atoms. The highest BCUT2D eigenvalue weighted by Gasteiger charge is 2.42. The highest BCUT2D eigenvalue weighted by Crippen LogP contribution is 2.49. The lowest BCUT2D eigenvalue weighted by Gasteiger charge is -2.43. The maximum absolute atomic E-state index is 13.1. The van der Waals surface area contributed by atoms with E-state index in [-0.39, 0.29) is 17.6 Å². The zero-order valence-electron chi connectivity index (χ0n) is 19.5. The molecule has 1 amide bonds.